The van der Waals surface area contributed by atoms with Crippen molar-refractivity contribution < 1.29 is 13.2 Å². The Balaban J connectivity index is 1.44. The number of rotatable bonds is 6. The molecular weight excluding hydrogens is 535 g/mol. The number of aryl methyl sites for hydroxylation is 1. The van der Waals surface area contributed by atoms with Gasteiger partial charge in [0, 0.05) is 44.1 Å². The molecule has 2 aromatic carbocycles. The van der Waals surface area contributed by atoms with Gasteiger partial charge >= 0.3 is 10.2 Å². The Kier molecular flexibility index (Phi) is 6.84. The zero-order valence-corrected chi connectivity index (χ0v) is 22.2. The van der Waals surface area contributed by atoms with Crippen molar-refractivity contribution in [3.05, 3.63) is 88.4 Å². The second-order valence-electron chi connectivity index (χ2n) is 8.91. The van der Waals surface area contributed by atoms with Crippen LogP contribution in [-0.4, -0.2) is 46.3 Å². The van der Waals surface area contributed by atoms with Crippen LogP contribution in [0.15, 0.2) is 67.3 Å². The fourth-order valence-corrected chi connectivity index (χ4v) is 6.36. The highest BCUT2D eigenvalue weighted by Gasteiger charge is 2.41. The third-order valence-corrected chi connectivity index (χ3v) is 9.00. The molecule has 0 bridgehead atoms. The number of aromatic nitrogens is 3. The van der Waals surface area contributed by atoms with Crippen LogP contribution in [0.1, 0.15) is 28.8 Å². The SMILES string of the molecule is Cn1cc(C(=O)NC2(c3ccccc3)CCN(S(=O)(=O)Nc3cnccn3)CC2)c2c(Cl)c(Cl)ccc21. The van der Waals surface area contributed by atoms with Crippen LogP contribution in [0.5, 0.6) is 0 Å². The summed E-state index contributed by atoms with van der Waals surface area (Å²) < 4.78 is 31.6. The molecule has 0 atom stereocenters. The minimum absolute atomic E-state index is 0.141. The maximum Gasteiger partial charge on any atom is 0.302 e. The average Bonchev–Trinajstić information content (AvgIpc) is 3.24. The number of nitrogens with one attached hydrogen (secondary N) is 2. The Hall–Kier alpha value is -3.18. The van der Waals surface area contributed by atoms with Crippen molar-refractivity contribution in [2.45, 2.75) is 18.4 Å². The molecule has 0 radical (unpaired) electrons. The quantitative estimate of drug-likeness (QED) is 0.365. The molecule has 0 saturated carbocycles. The van der Waals surface area contributed by atoms with Gasteiger partial charge in [-0.2, -0.15) is 12.7 Å². The fourth-order valence-electron chi connectivity index (χ4n) is 4.77. The van der Waals surface area contributed by atoms with E-state index in [-0.39, 0.29) is 24.8 Å². The van der Waals surface area contributed by atoms with Crippen molar-refractivity contribution >= 4 is 56.0 Å². The third kappa shape index (κ3) is 4.89. The van der Waals surface area contributed by atoms with Crippen LogP contribution in [0.4, 0.5) is 5.82 Å². The van der Waals surface area contributed by atoms with Crippen molar-refractivity contribution in [1.82, 2.24) is 24.2 Å². The number of benzene rings is 2. The Morgan fingerprint density at radius 3 is 2.46 bits per heavy atom. The largest absolute Gasteiger partial charge is 0.350 e. The van der Waals surface area contributed by atoms with Gasteiger partial charge in [-0.05, 0) is 30.5 Å². The summed E-state index contributed by atoms with van der Waals surface area (Å²) in [5, 5.41) is 4.47. The number of fused-ring (bicyclic) bond motifs is 1. The van der Waals surface area contributed by atoms with Gasteiger partial charge in [0.2, 0.25) is 0 Å². The molecular formula is C25H24Cl2N6O3S. The first-order chi connectivity index (χ1) is 17.7. The van der Waals surface area contributed by atoms with Crippen LogP contribution in [0.2, 0.25) is 10.0 Å². The predicted octanol–water partition coefficient (Wildman–Crippen LogP) is 4.35. The van der Waals surface area contributed by atoms with Gasteiger partial charge in [-0.15, -0.1) is 0 Å². The number of carbonyl (C=O) groups is 1. The highest BCUT2D eigenvalue weighted by Crippen LogP contribution is 2.37. The minimum Gasteiger partial charge on any atom is -0.350 e. The molecule has 9 nitrogen and oxygen atoms in total. The summed E-state index contributed by atoms with van der Waals surface area (Å²) in [5.41, 5.74) is 1.29. The molecule has 12 heteroatoms. The van der Waals surface area contributed by atoms with Gasteiger partial charge in [0.25, 0.3) is 5.91 Å². The summed E-state index contributed by atoms with van der Waals surface area (Å²) in [7, 11) is -2.02. The van der Waals surface area contributed by atoms with Gasteiger partial charge in [0.15, 0.2) is 5.82 Å². The van der Waals surface area contributed by atoms with Crippen molar-refractivity contribution in [1.29, 1.82) is 0 Å². The Bertz CT molecular complexity index is 1550. The van der Waals surface area contributed by atoms with E-state index in [2.05, 4.69) is 20.0 Å². The topological polar surface area (TPSA) is 109 Å². The van der Waals surface area contributed by atoms with Crippen LogP contribution in [0, 0.1) is 0 Å². The molecule has 1 aliphatic rings. The van der Waals surface area contributed by atoms with E-state index < -0.39 is 15.7 Å². The van der Waals surface area contributed by atoms with Crippen molar-refractivity contribution in [3.8, 4) is 0 Å². The molecule has 192 valence electrons. The van der Waals surface area contributed by atoms with Crippen molar-refractivity contribution in [2.24, 2.45) is 7.05 Å². The van der Waals surface area contributed by atoms with Gasteiger partial charge in [-0.25, -0.2) is 4.98 Å². The highest BCUT2D eigenvalue weighted by molar-refractivity contribution is 7.90. The number of halogens is 2. The Morgan fingerprint density at radius 1 is 1.05 bits per heavy atom. The lowest BCUT2D eigenvalue weighted by molar-refractivity contribution is 0.0853. The van der Waals surface area contributed by atoms with E-state index in [0.29, 0.717) is 33.8 Å². The molecule has 0 aliphatic carbocycles. The van der Waals surface area contributed by atoms with E-state index in [1.807, 2.05) is 48.0 Å². The van der Waals surface area contributed by atoms with Gasteiger partial charge < -0.3 is 9.88 Å². The zero-order chi connectivity index (χ0) is 26.2. The molecule has 1 amide bonds. The summed E-state index contributed by atoms with van der Waals surface area (Å²) >= 11 is 12.8. The van der Waals surface area contributed by atoms with Crippen LogP contribution in [0.25, 0.3) is 10.9 Å². The van der Waals surface area contributed by atoms with E-state index in [9.17, 15) is 13.2 Å². The summed E-state index contributed by atoms with van der Waals surface area (Å²) in [6.07, 6.45) is 6.68. The lowest BCUT2D eigenvalue weighted by Crippen LogP contribution is -2.54. The van der Waals surface area contributed by atoms with Crippen LogP contribution >= 0.6 is 23.2 Å². The fraction of sp³-hybridized carbons (Fsp3) is 0.240. The Labute approximate surface area is 224 Å². The third-order valence-electron chi connectivity index (χ3n) is 6.68. The van der Waals surface area contributed by atoms with E-state index in [4.69, 9.17) is 23.2 Å². The monoisotopic (exact) mass is 558 g/mol. The van der Waals surface area contributed by atoms with Crippen molar-refractivity contribution in [2.75, 3.05) is 17.8 Å². The molecule has 1 saturated heterocycles. The first kappa shape index (κ1) is 25.5. The molecule has 2 aromatic heterocycles. The number of piperidine rings is 1. The van der Waals surface area contributed by atoms with E-state index in [0.717, 1.165) is 11.1 Å². The zero-order valence-electron chi connectivity index (χ0n) is 19.9. The average molecular weight is 559 g/mol. The van der Waals surface area contributed by atoms with Crippen LogP contribution < -0.4 is 10.0 Å². The molecule has 1 fully saturated rings. The van der Waals surface area contributed by atoms with Gasteiger partial charge in [0.05, 0.1) is 32.9 Å². The number of anilines is 1. The summed E-state index contributed by atoms with van der Waals surface area (Å²) in [4.78, 5) is 21.6. The standard InChI is InChI=1S/C25H24Cl2N6O3S/c1-32-16-18(22-20(32)8-7-19(26)23(22)27)24(34)30-25(17-5-3-2-4-6-17)9-13-33(14-10-25)37(35,36)31-21-15-28-11-12-29-21/h2-8,11-12,15-16H,9-10,13-14H2,1H3,(H,29,31)(H,30,34). The van der Waals surface area contributed by atoms with Gasteiger partial charge in [-0.3, -0.25) is 14.5 Å². The molecule has 0 unspecified atom stereocenters. The molecule has 1 aliphatic heterocycles. The van der Waals surface area contributed by atoms with Crippen LogP contribution in [0.3, 0.4) is 0 Å². The number of amides is 1. The van der Waals surface area contributed by atoms with E-state index in [1.165, 1.54) is 22.9 Å². The summed E-state index contributed by atoms with van der Waals surface area (Å²) in [5.74, 6) is -0.171. The number of hydrogen-bond acceptors (Lipinski definition) is 5. The highest BCUT2D eigenvalue weighted by atomic mass is 35.5. The first-order valence-electron chi connectivity index (χ1n) is 11.6. The molecule has 0 spiro atoms. The molecule has 3 heterocycles. The molecule has 5 rings (SSSR count). The molecule has 2 N–H and O–H groups in total. The summed E-state index contributed by atoms with van der Waals surface area (Å²) in [6, 6.07) is 13.1. The van der Waals surface area contributed by atoms with Gasteiger partial charge in [0.1, 0.15) is 0 Å². The summed E-state index contributed by atoms with van der Waals surface area (Å²) in [6.45, 7) is 0.375. The maximum atomic E-state index is 13.7. The lowest BCUT2D eigenvalue weighted by Gasteiger charge is -2.42. The smallest absolute Gasteiger partial charge is 0.302 e. The second-order valence-corrected chi connectivity index (χ2v) is 11.4. The normalized spacial score (nSPS) is 16.0. The number of carbonyl (C=O) groups excluding carboxylic acids is 1. The number of hydrogen-bond donors (Lipinski definition) is 2. The number of nitrogens with zero attached hydrogens (tertiary/aromatic N) is 4. The molecule has 4 aromatic rings. The molecule has 37 heavy (non-hydrogen) atoms. The van der Waals surface area contributed by atoms with Crippen LogP contribution in [-0.2, 0) is 22.8 Å². The van der Waals surface area contributed by atoms with Gasteiger partial charge in [-0.1, -0.05) is 53.5 Å². The Morgan fingerprint density at radius 2 is 1.78 bits per heavy atom. The van der Waals surface area contributed by atoms with E-state index >= 15 is 0 Å². The predicted molar refractivity (Wildman–Crippen MR) is 144 cm³/mol. The maximum absolute atomic E-state index is 13.7. The van der Waals surface area contributed by atoms with Crippen molar-refractivity contribution in [3.63, 3.8) is 0 Å². The first-order valence-corrected chi connectivity index (χ1v) is 13.7. The lowest BCUT2D eigenvalue weighted by atomic mass is 9.81. The minimum atomic E-state index is -3.85. The van der Waals surface area contributed by atoms with E-state index in [1.54, 1.807) is 12.3 Å². The second kappa shape index (κ2) is 9.94.